The lowest BCUT2D eigenvalue weighted by Crippen LogP contribution is -2.37. The highest BCUT2D eigenvalue weighted by molar-refractivity contribution is 6.23. The third-order valence-electron chi connectivity index (χ3n) is 4.11. The van der Waals surface area contributed by atoms with Crippen molar-refractivity contribution < 1.29 is 14.7 Å². The molecule has 22 heavy (non-hydrogen) atoms. The van der Waals surface area contributed by atoms with Crippen LogP contribution < -0.4 is 0 Å². The van der Waals surface area contributed by atoms with Crippen LogP contribution in [0.1, 0.15) is 27.6 Å². The van der Waals surface area contributed by atoms with Crippen LogP contribution in [0.25, 0.3) is 21.5 Å². The standard InChI is InChI=1S/C18H13NO3/c1-10(20)19-17(21)15-8-13-6-11-4-2-3-5-12(11)7-14(13)9-16(15)18(19)22/h2-10,20H,1H3/t10-/m0/s1. The number of aliphatic hydroxyl groups excluding tert-OH is 1. The molecule has 0 radical (unpaired) electrons. The number of fused-ring (bicyclic) bond motifs is 3. The van der Waals surface area contributed by atoms with E-state index in [2.05, 4.69) is 0 Å². The van der Waals surface area contributed by atoms with Crippen molar-refractivity contribution >= 4 is 33.4 Å². The van der Waals surface area contributed by atoms with Gasteiger partial charge < -0.3 is 5.11 Å². The lowest BCUT2D eigenvalue weighted by atomic mass is 9.99. The molecule has 0 aromatic heterocycles. The fourth-order valence-corrected chi connectivity index (χ4v) is 3.04. The van der Waals surface area contributed by atoms with Gasteiger partial charge in [-0.1, -0.05) is 24.3 Å². The van der Waals surface area contributed by atoms with E-state index in [0.29, 0.717) is 11.1 Å². The quantitative estimate of drug-likeness (QED) is 0.554. The van der Waals surface area contributed by atoms with Gasteiger partial charge in [0, 0.05) is 0 Å². The van der Waals surface area contributed by atoms with Crippen molar-refractivity contribution in [1.82, 2.24) is 4.90 Å². The van der Waals surface area contributed by atoms with E-state index >= 15 is 0 Å². The van der Waals surface area contributed by atoms with Crippen molar-refractivity contribution in [3.05, 3.63) is 59.7 Å². The van der Waals surface area contributed by atoms with E-state index in [1.54, 1.807) is 12.1 Å². The van der Waals surface area contributed by atoms with Gasteiger partial charge in [-0.05, 0) is 52.7 Å². The number of rotatable bonds is 1. The average molecular weight is 291 g/mol. The SMILES string of the molecule is C[C@H](O)N1C(=O)c2cc3cc4ccccc4cc3cc2C1=O. The van der Waals surface area contributed by atoms with Crippen LogP contribution in [0.5, 0.6) is 0 Å². The summed E-state index contributed by atoms with van der Waals surface area (Å²) in [4.78, 5) is 25.5. The molecule has 4 heteroatoms. The molecule has 0 fully saturated rings. The summed E-state index contributed by atoms with van der Waals surface area (Å²) in [5.41, 5.74) is 0.711. The topological polar surface area (TPSA) is 57.6 Å². The zero-order chi connectivity index (χ0) is 15.4. The number of carbonyl (C=O) groups excluding carboxylic acids is 2. The van der Waals surface area contributed by atoms with Gasteiger partial charge in [0.15, 0.2) is 0 Å². The van der Waals surface area contributed by atoms with Gasteiger partial charge in [0.05, 0.1) is 11.1 Å². The van der Waals surface area contributed by atoms with Gasteiger partial charge in [-0.3, -0.25) is 9.59 Å². The number of hydrogen-bond acceptors (Lipinski definition) is 3. The van der Waals surface area contributed by atoms with Crippen LogP contribution in [0, 0.1) is 0 Å². The third kappa shape index (κ3) is 1.68. The van der Waals surface area contributed by atoms with Gasteiger partial charge in [-0.15, -0.1) is 0 Å². The fraction of sp³-hybridized carbons (Fsp3) is 0.111. The highest BCUT2D eigenvalue weighted by Crippen LogP contribution is 2.31. The molecule has 1 aliphatic heterocycles. The molecular weight excluding hydrogens is 278 g/mol. The zero-order valence-electron chi connectivity index (χ0n) is 11.9. The molecule has 1 heterocycles. The maximum atomic E-state index is 12.3. The van der Waals surface area contributed by atoms with Crippen LogP contribution in [0.2, 0.25) is 0 Å². The number of nitrogens with zero attached hydrogens (tertiary/aromatic N) is 1. The number of benzene rings is 3. The second-order valence-electron chi connectivity index (χ2n) is 5.56. The second-order valence-corrected chi connectivity index (χ2v) is 5.56. The van der Waals surface area contributed by atoms with Crippen LogP contribution in [0.15, 0.2) is 48.5 Å². The van der Waals surface area contributed by atoms with Crippen LogP contribution in [0.4, 0.5) is 0 Å². The molecule has 0 spiro atoms. The average Bonchev–Trinajstić information content (AvgIpc) is 2.74. The van der Waals surface area contributed by atoms with Gasteiger partial charge in [0.1, 0.15) is 6.23 Å². The number of aliphatic hydroxyl groups is 1. The first-order valence-corrected chi connectivity index (χ1v) is 7.09. The normalized spacial score (nSPS) is 15.6. The Balaban J connectivity index is 2.01. The van der Waals surface area contributed by atoms with E-state index in [0.717, 1.165) is 26.4 Å². The first kappa shape index (κ1) is 13.0. The minimum absolute atomic E-state index is 0.355. The molecule has 4 rings (SSSR count). The molecule has 1 N–H and O–H groups in total. The Labute approximate surface area is 126 Å². The lowest BCUT2D eigenvalue weighted by molar-refractivity contribution is 0.0214. The predicted octanol–water partition coefficient (Wildman–Crippen LogP) is 2.93. The highest BCUT2D eigenvalue weighted by Gasteiger charge is 2.38. The van der Waals surface area contributed by atoms with Crippen molar-refractivity contribution in [3.63, 3.8) is 0 Å². The molecule has 4 nitrogen and oxygen atoms in total. The molecule has 1 aliphatic rings. The molecule has 3 aromatic rings. The molecule has 0 saturated carbocycles. The summed E-state index contributed by atoms with van der Waals surface area (Å²) >= 11 is 0. The predicted molar refractivity (Wildman–Crippen MR) is 83.6 cm³/mol. The third-order valence-corrected chi connectivity index (χ3v) is 4.11. The lowest BCUT2D eigenvalue weighted by Gasteiger charge is -2.16. The van der Waals surface area contributed by atoms with Crippen molar-refractivity contribution in [2.75, 3.05) is 0 Å². The van der Waals surface area contributed by atoms with Gasteiger partial charge >= 0.3 is 0 Å². The monoisotopic (exact) mass is 291 g/mol. The largest absolute Gasteiger partial charge is 0.373 e. The van der Waals surface area contributed by atoms with Crippen molar-refractivity contribution in [2.24, 2.45) is 0 Å². The molecule has 1 atom stereocenters. The first-order valence-electron chi connectivity index (χ1n) is 7.09. The summed E-state index contributed by atoms with van der Waals surface area (Å²) in [5, 5.41) is 13.6. The Morgan fingerprint density at radius 1 is 0.818 bits per heavy atom. The molecule has 0 aliphatic carbocycles. The van der Waals surface area contributed by atoms with E-state index in [1.165, 1.54) is 6.92 Å². The zero-order valence-corrected chi connectivity index (χ0v) is 11.9. The van der Waals surface area contributed by atoms with Crippen LogP contribution in [0.3, 0.4) is 0 Å². The highest BCUT2D eigenvalue weighted by atomic mass is 16.3. The summed E-state index contributed by atoms with van der Waals surface area (Å²) < 4.78 is 0. The first-order chi connectivity index (χ1) is 10.6. The Bertz CT molecular complexity index is 885. The Morgan fingerprint density at radius 3 is 1.68 bits per heavy atom. The summed E-state index contributed by atoms with van der Waals surface area (Å²) in [5.74, 6) is -0.880. The van der Waals surface area contributed by atoms with E-state index in [1.807, 2.05) is 36.4 Å². The molecule has 3 aromatic carbocycles. The van der Waals surface area contributed by atoms with Crippen molar-refractivity contribution in [2.45, 2.75) is 13.2 Å². The molecular formula is C18H13NO3. The van der Waals surface area contributed by atoms with Gasteiger partial charge in [0.25, 0.3) is 11.8 Å². The smallest absolute Gasteiger partial charge is 0.263 e. The number of hydrogen-bond donors (Lipinski definition) is 1. The van der Waals surface area contributed by atoms with E-state index in [9.17, 15) is 14.7 Å². The Kier molecular flexibility index (Phi) is 2.59. The van der Waals surface area contributed by atoms with Crippen molar-refractivity contribution in [1.29, 1.82) is 0 Å². The molecule has 0 unspecified atom stereocenters. The molecule has 2 amide bonds. The van der Waals surface area contributed by atoms with Gasteiger partial charge in [-0.25, -0.2) is 4.90 Å². The maximum Gasteiger partial charge on any atom is 0.263 e. The summed E-state index contributed by atoms with van der Waals surface area (Å²) in [7, 11) is 0. The second kappa shape index (κ2) is 4.39. The Morgan fingerprint density at radius 2 is 1.27 bits per heavy atom. The fourth-order valence-electron chi connectivity index (χ4n) is 3.04. The number of imide groups is 1. The summed E-state index contributed by atoms with van der Waals surface area (Å²) in [6, 6.07) is 15.4. The molecule has 108 valence electrons. The van der Waals surface area contributed by atoms with Crippen molar-refractivity contribution in [3.8, 4) is 0 Å². The molecule has 0 bridgehead atoms. The number of carbonyl (C=O) groups is 2. The van der Waals surface area contributed by atoms with Crippen LogP contribution in [-0.2, 0) is 0 Å². The van der Waals surface area contributed by atoms with E-state index in [-0.39, 0.29) is 0 Å². The van der Waals surface area contributed by atoms with E-state index < -0.39 is 18.0 Å². The molecule has 0 saturated heterocycles. The number of amides is 2. The summed E-state index contributed by atoms with van der Waals surface area (Å²) in [6.45, 7) is 1.41. The van der Waals surface area contributed by atoms with Gasteiger partial charge in [0.2, 0.25) is 0 Å². The summed E-state index contributed by atoms with van der Waals surface area (Å²) in [6.07, 6.45) is -1.13. The van der Waals surface area contributed by atoms with Gasteiger partial charge in [-0.2, -0.15) is 0 Å². The van der Waals surface area contributed by atoms with Crippen LogP contribution >= 0.6 is 0 Å². The van der Waals surface area contributed by atoms with E-state index in [4.69, 9.17) is 0 Å². The minimum Gasteiger partial charge on any atom is -0.373 e. The Hall–Kier alpha value is -2.72. The minimum atomic E-state index is -1.13. The maximum absolute atomic E-state index is 12.3. The van der Waals surface area contributed by atoms with Crippen LogP contribution in [-0.4, -0.2) is 28.0 Å².